The van der Waals surface area contributed by atoms with E-state index in [1.165, 1.54) is 0 Å². The van der Waals surface area contributed by atoms with Crippen molar-refractivity contribution >= 4 is 5.97 Å². The summed E-state index contributed by atoms with van der Waals surface area (Å²) in [6.45, 7) is 1.93. The normalized spacial score (nSPS) is 28.8. The minimum Gasteiger partial charge on any atom is -0.481 e. The lowest BCUT2D eigenvalue weighted by molar-refractivity contribution is -0.141. The molecule has 0 radical (unpaired) electrons. The summed E-state index contributed by atoms with van der Waals surface area (Å²) in [6, 6.07) is 0. The first-order valence-corrected chi connectivity index (χ1v) is 4.13. The van der Waals surface area contributed by atoms with Crippen molar-refractivity contribution in [1.29, 1.82) is 0 Å². The van der Waals surface area contributed by atoms with Gasteiger partial charge >= 0.3 is 5.97 Å². The van der Waals surface area contributed by atoms with Crippen LogP contribution in [0, 0.1) is 5.92 Å². The third-order valence-corrected chi connectivity index (χ3v) is 2.32. The maximum atomic E-state index is 10.7. The molecule has 0 amide bonds. The zero-order valence-electron chi connectivity index (χ0n) is 6.84. The Bertz CT molecular complexity index is 182. The van der Waals surface area contributed by atoms with E-state index in [0.29, 0.717) is 0 Å². The number of hydrogen-bond donors (Lipinski definition) is 1. The molecule has 11 heavy (non-hydrogen) atoms. The Morgan fingerprint density at radius 1 is 1.64 bits per heavy atom. The van der Waals surface area contributed by atoms with Crippen LogP contribution in [0.15, 0.2) is 11.6 Å². The average molecular weight is 154 g/mol. The molecule has 1 rings (SSSR count). The highest BCUT2D eigenvalue weighted by molar-refractivity contribution is 5.73. The van der Waals surface area contributed by atoms with Crippen molar-refractivity contribution in [2.45, 2.75) is 32.6 Å². The Morgan fingerprint density at radius 3 is 2.82 bits per heavy atom. The highest BCUT2D eigenvalue weighted by atomic mass is 16.4. The van der Waals surface area contributed by atoms with E-state index in [1.54, 1.807) is 0 Å². The van der Waals surface area contributed by atoms with Gasteiger partial charge in [-0.1, -0.05) is 18.1 Å². The topological polar surface area (TPSA) is 37.3 Å². The molecule has 0 spiro atoms. The van der Waals surface area contributed by atoms with Crippen molar-refractivity contribution in [3.63, 3.8) is 0 Å². The number of aliphatic carboxylic acids is 1. The summed E-state index contributed by atoms with van der Waals surface area (Å²) in [5.41, 5.74) is 1.11. The Kier molecular flexibility index (Phi) is 2.69. The van der Waals surface area contributed by atoms with Crippen LogP contribution >= 0.6 is 0 Å². The third kappa shape index (κ3) is 1.82. The molecule has 1 aliphatic rings. The number of allylic oxidation sites excluding steroid dienone is 1. The van der Waals surface area contributed by atoms with Gasteiger partial charge < -0.3 is 5.11 Å². The molecule has 1 fully saturated rings. The van der Waals surface area contributed by atoms with Gasteiger partial charge in [0.1, 0.15) is 0 Å². The second-order valence-electron chi connectivity index (χ2n) is 3.00. The molecular formula is C9H14O2. The van der Waals surface area contributed by atoms with E-state index >= 15 is 0 Å². The van der Waals surface area contributed by atoms with E-state index in [-0.39, 0.29) is 5.92 Å². The van der Waals surface area contributed by atoms with Crippen LogP contribution < -0.4 is 0 Å². The first kappa shape index (κ1) is 8.31. The molecule has 0 aromatic heterocycles. The minimum absolute atomic E-state index is 0.186. The third-order valence-electron chi connectivity index (χ3n) is 2.32. The fraction of sp³-hybridized carbons (Fsp3) is 0.667. The standard InChI is InChI=1S/C9H14O2/c1-2-7-5-3-4-6-8(7)9(10)11/h2,8H,3-6H2,1H3,(H,10,11). The second kappa shape index (κ2) is 3.56. The minimum atomic E-state index is -0.655. The Balaban J connectivity index is 2.67. The molecule has 1 saturated carbocycles. The van der Waals surface area contributed by atoms with E-state index in [0.717, 1.165) is 31.3 Å². The summed E-state index contributed by atoms with van der Waals surface area (Å²) in [5.74, 6) is -0.841. The molecule has 0 bridgehead atoms. The Labute approximate surface area is 66.9 Å². The highest BCUT2D eigenvalue weighted by Crippen LogP contribution is 2.29. The summed E-state index contributed by atoms with van der Waals surface area (Å²) in [4.78, 5) is 10.7. The fourth-order valence-electron chi connectivity index (χ4n) is 1.66. The van der Waals surface area contributed by atoms with Gasteiger partial charge in [0.05, 0.1) is 5.92 Å². The van der Waals surface area contributed by atoms with E-state index in [9.17, 15) is 4.79 Å². The Morgan fingerprint density at radius 2 is 2.36 bits per heavy atom. The molecule has 2 heteroatoms. The molecule has 0 saturated heterocycles. The lowest BCUT2D eigenvalue weighted by Crippen LogP contribution is -2.19. The Hall–Kier alpha value is -0.790. The van der Waals surface area contributed by atoms with E-state index in [2.05, 4.69) is 0 Å². The summed E-state index contributed by atoms with van der Waals surface area (Å²) in [7, 11) is 0. The molecule has 0 aliphatic heterocycles. The molecule has 1 atom stereocenters. The van der Waals surface area contributed by atoms with Crippen molar-refractivity contribution in [1.82, 2.24) is 0 Å². The first-order valence-electron chi connectivity index (χ1n) is 4.13. The van der Waals surface area contributed by atoms with Crippen molar-refractivity contribution in [3.05, 3.63) is 11.6 Å². The van der Waals surface area contributed by atoms with Crippen molar-refractivity contribution < 1.29 is 9.90 Å². The lowest BCUT2D eigenvalue weighted by atomic mass is 9.84. The number of hydrogen-bond acceptors (Lipinski definition) is 1. The van der Waals surface area contributed by atoms with Gasteiger partial charge in [0.2, 0.25) is 0 Å². The highest BCUT2D eigenvalue weighted by Gasteiger charge is 2.23. The molecule has 1 unspecified atom stereocenters. The van der Waals surface area contributed by atoms with Gasteiger partial charge in [-0.05, 0) is 26.2 Å². The number of carboxylic acids is 1. The van der Waals surface area contributed by atoms with Crippen LogP contribution in [0.4, 0.5) is 0 Å². The van der Waals surface area contributed by atoms with Gasteiger partial charge in [-0.3, -0.25) is 4.79 Å². The van der Waals surface area contributed by atoms with Crippen LogP contribution in [0.5, 0.6) is 0 Å². The summed E-state index contributed by atoms with van der Waals surface area (Å²) >= 11 is 0. The van der Waals surface area contributed by atoms with Crippen LogP contribution in [-0.2, 0) is 4.79 Å². The first-order chi connectivity index (χ1) is 5.25. The van der Waals surface area contributed by atoms with E-state index in [1.807, 2.05) is 13.0 Å². The predicted molar refractivity (Wildman–Crippen MR) is 43.4 cm³/mol. The predicted octanol–water partition coefficient (Wildman–Crippen LogP) is 2.21. The van der Waals surface area contributed by atoms with Gasteiger partial charge in [0, 0.05) is 0 Å². The summed E-state index contributed by atoms with van der Waals surface area (Å²) in [5, 5.41) is 8.80. The van der Waals surface area contributed by atoms with Gasteiger partial charge in [0.15, 0.2) is 0 Å². The molecule has 1 N–H and O–H groups in total. The quantitative estimate of drug-likeness (QED) is 0.588. The van der Waals surface area contributed by atoms with Gasteiger partial charge in [-0.2, -0.15) is 0 Å². The van der Waals surface area contributed by atoms with Crippen molar-refractivity contribution in [3.8, 4) is 0 Å². The number of rotatable bonds is 1. The summed E-state index contributed by atoms with van der Waals surface area (Å²) < 4.78 is 0. The van der Waals surface area contributed by atoms with E-state index in [4.69, 9.17) is 5.11 Å². The van der Waals surface area contributed by atoms with Crippen LogP contribution in [-0.4, -0.2) is 11.1 Å². The SMILES string of the molecule is CC=C1CCCCC1C(=O)O. The maximum absolute atomic E-state index is 10.7. The number of carboxylic acid groups (broad SMARTS) is 1. The molecule has 1 aliphatic carbocycles. The van der Waals surface area contributed by atoms with Crippen LogP contribution in [0.1, 0.15) is 32.6 Å². The van der Waals surface area contributed by atoms with Crippen LogP contribution in [0.3, 0.4) is 0 Å². The molecule has 0 aromatic rings. The van der Waals surface area contributed by atoms with Crippen LogP contribution in [0.25, 0.3) is 0 Å². The van der Waals surface area contributed by atoms with Gasteiger partial charge in [-0.25, -0.2) is 0 Å². The molecular weight excluding hydrogens is 140 g/mol. The largest absolute Gasteiger partial charge is 0.481 e. The molecule has 0 heterocycles. The van der Waals surface area contributed by atoms with Crippen molar-refractivity contribution in [2.75, 3.05) is 0 Å². The lowest BCUT2D eigenvalue weighted by Gasteiger charge is -2.21. The zero-order chi connectivity index (χ0) is 8.27. The van der Waals surface area contributed by atoms with E-state index < -0.39 is 5.97 Å². The van der Waals surface area contributed by atoms with Crippen molar-refractivity contribution in [2.24, 2.45) is 5.92 Å². The monoisotopic (exact) mass is 154 g/mol. The van der Waals surface area contributed by atoms with Crippen LogP contribution in [0.2, 0.25) is 0 Å². The summed E-state index contributed by atoms with van der Waals surface area (Å²) in [6.07, 6.45) is 5.98. The smallest absolute Gasteiger partial charge is 0.310 e. The molecule has 2 nitrogen and oxygen atoms in total. The average Bonchev–Trinajstić information content (AvgIpc) is 2.04. The fourth-order valence-corrected chi connectivity index (χ4v) is 1.66. The molecule has 62 valence electrons. The van der Waals surface area contributed by atoms with Gasteiger partial charge in [0.25, 0.3) is 0 Å². The second-order valence-corrected chi connectivity index (χ2v) is 3.00. The molecule has 0 aromatic carbocycles. The zero-order valence-corrected chi connectivity index (χ0v) is 6.84. The number of carbonyl (C=O) groups is 1. The van der Waals surface area contributed by atoms with Gasteiger partial charge in [-0.15, -0.1) is 0 Å². The maximum Gasteiger partial charge on any atom is 0.310 e.